The molecule has 0 atom stereocenters. The lowest BCUT2D eigenvalue weighted by Gasteiger charge is -2.21. The summed E-state index contributed by atoms with van der Waals surface area (Å²) in [4.78, 5) is 67.5. The minimum Gasteiger partial charge on any atom is -0.478 e. The number of rotatable bonds is 2. The fourth-order valence-corrected chi connectivity index (χ4v) is 4.35. The van der Waals surface area contributed by atoms with E-state index in [2.05, 4.69) is 9.47 Å². The molecule has 14 heteroatoms. The van der Waals surface area contributed by atoms with E-state index in [0.29, 0.717) is 11.4 Å². The summed E-state index contributed by atoms with van der Waals surface area (Å²) in [5.41, 5.74) is 12.7. The Balaban J connectivity index is 0.000000156. The first kappa shape index (κ1) is 32.8. The first-order chi connectivity index (χ1) is 22.0. The number of esters is 4. The lowest BCUT2D eigenvalue weighted by molar-refractivity contribution is -0.0334. The highest BCUT2D eigenvalue weighted by atomic mass is 16.6. The van der Waals surface area contributed by atoms with Crippen molar-refractivity contribution in [3.63, 3.8) is 0 Å². The molecule has 46 heavy (non-hydrogen) atoms. The molecule has 0 radical (unpaired) electrons. The number of carboxylic acids is 2. The Labute approximate surface area is 260 Å². The second kappa shape index (κ2) is 14.6. The zero-order chi connectivity index (χ0) is 33.4. The highest BCUT2D eigenvalue weighted by molar-refractivity contribution is 6.29. The van der Waals surface area contributed by atoms with Crippen LogP contribution in [0.25, 0.3) is 10.8 Å². The first-order valence-electron chi connectivity index (χ1n) is 13.4. The first-order valence-corrected chi connectivity index (χ1v) is 13.4. The summed E-state index contributed by atoms with van der Waals surface area (Å²) in [6.07, 6.45) is 0. The number of aromatic carboxylic acids is 2. The molecule has 4 aromatic rings. The molecule has 7 rings (SSSR count). The summed E-state index contributed by atoms with van der Waals surface area (Å²) in [5, 5.41) is 17.4. The van der Waals surface area contributed by atoms with Gasteiger partial charge in [0.05, 0.1) is 59.8 Å². The number of ether oxygens (including phenoxy) is 4. The van der Waals surface area contributed by atoms with Gasteiger partial charge in [0.15, 0.2) is 0 Å². The van der Waals surface area contributed by atoms with Gasteiger partial charge in [-0.05, 0) is 60.7 Å². The van der Waals surface area contributed by atoms with E-state index in [0.717, 1.165) is 26.4 Å². The SMILES string of the molecule is C1COCCO1.Nc1cccc(C(=O)O)c1.Nc1cccc(C(=O)O)c1.O=C1OC(=O)c2ccc3c4c(ccc1c24)C(=O)OC3=O. The van der Waals surface area contributed by atoms with Crippen molar-refractivity contribution in [2.75, 3.05) is 37.9 Å². The summed E-state index contributed by atoms with van der Waals surface area (Å²) in [6, 6.07) is 17.9. The van der Waals surface area contributed by atoms with Gasteiger partial charge < -0.3 is 40.6 Å². The normalized spacial score (nSPS) is 14.2. The van der Waals surface area contributed by atoms with Crippen molar-refractivity contribution < 1.29 is 57.9 Å². The summed E-state index contributed by atoms with van der Waals surface area (Å²) in [5.74, 6) is -5.08. The molecule has 0 saturated carbocycles. The van der Waals surface area contributed by atoms with Gasteiger partial charge >= 0.3 is 35.8 Å². The van der Waals surface area contributed by atoms with Crippen molar-refractivity contribution >= 4 is 58.0 Å². The van der Waals surface area contributed by atoms with Gasteiger partial charge in [0.2, 0.25) is 0 Å². The van der Waals surface area contributed by atoms with Crippen LogP contribution in [0.5, 0.6) is 0 Å². The molecule has 14 nitrogen and oxygen atoms in total. The van der Waals surface area contributed by atoms with E-state index < -0.39 is 35.8 Å². The predicted octanol–water partition coefficient (Wildman–Crippen LogP) is 3.43. The molecule has 3 aliphatic heterocycles. The molecule has 0 spiro atoms. The van der Waals surface area contributed by atoms with Crippen LogP contribution < -0.4 is 11.5 Å². The molecular weight excluding hydrogens is 604 g/mol. The summed E-state index contributed by atoms with van der Waals surface area (Å²) >= 11 is 0. The van der Waals surface area contributed by atoms with Crippen LogP contribution >= 0.6 is 0 Å². The topological polar surface area (TPSA) is 232 Å². The molecule has 4 aromatic carbocycles. The van der Waals surface area contributed by atoms with Crippen molar-refractivity contribution in [2.24, 2.45) is 0 Å². The predicted molar refractivity (Wildman–Crippen MR) is 161 cm³/mol. The lowest BCUT2D eigenvalue weighted by Crippen LogP contribution is -2.25. The van der Waals surface area contributed by atoms with Crippen LogP contribution in [-0.4, -0.2) is 72.5 Å². The minimum absolute atomic E-state index is 0.155. The van der Waals surface area contributed by atoms with Gasteiger partial charge in [0, 0.05) is 22.1 Å². The summed E-state index contributed by atoms with van der Waals surface area (Å²) in [7, 11) is 0. The fourth-order valence-electron chi connectivity index (χ4n) is 4.35. The monoisotopic (exact) mass is 630 g/mol. The Hall–Kier alpha value is -6.12. The number of benzene rings is 4. The third-order valence-corrected chi connectivity index (χ3v) is 6.42. The van der Waals surface area contributed by atoms with Gasteiger partial charge in [0.1, 0.15) is 0 Å². The molecule has 6 N–H and O–H groups in total. The molecule has 0 amide bonds. The van der Waals surface area contributed by atoms with Gasteiger partial charge in [-0.25, -0.2) is 28.8 Å². The largest absolute Gasteiger partial charge is 0.478 e. The zero-order valence-corrected chi connectivity index (χ0v) is 23.9. The fraction of sp³-hybridized carbons (Fsp3) is 0.125. The molecule has 3 aliphatic rings. The second-order valence-electron chi connectivity index (χ2n) is 9.51. The Morgan fingerprint density at radius 2 is 0.826 bits per heavy atom. The van der Waals surface area contributed by atoms with E-state index in [9.17, 15) is 28.8 Å². The summed E-state index contributed by atoms with van der Waals surface area (Å²) in [6.45, 7) is 3.11. The molecular formula is C32H26N2O12. The lowest BCUT2D eigenvalue weighted by atomic mass is 9.89. The van der Waals surface area contributed by atoms with Crippen molar-refractivity contribution in [3.8, 4) is 0 Å². The van der Waals surface area contributed by atoms with E-state index in [1.807, 2.05) is 0 Å². The van der Waals surface area contributed by atoms with E-state index in [1.54, 1.807) is 24.3 Å². The molecule has 0 unspecified atom stereocenters. The van der Waals surface area contributed by atoms with E-state index in [4.69, 9.17) is 31.2 Å². The van der Waals surface area contributed by atoms with Crippen LogP contribution in [0.3, 0.4) is 0 Å². The third-order valence-electron chi connectivity index (χ3n) is 6.42. The highest BCUT2D eigenvalue weighted by Crippen LogP contribution is 2.36. The average molecular weight is 631 g/mol. The standard InChI is InChI=1S/C14H4O6.2C7H7NO2.C4H8O2/c15-11-5-1-2-6-10-8(14(18)20-12(6)16)4-3-7(9(5)10)13(17)19-11;2*8-6-3-1-2-5(4-6)7(9)10;1-2-6-4-3-5-1/h1-4H;2*1-4H,8H2,(H,9,10);1-4H2. The molecule has 0 aromatic heterocycles. The van der Waals surface area contributed by atoms with Crippen molar-refractivity contribution in [3.05, 3.63) is 106 Å². The van der Waals surface area contributed by atoms with Gasteiger partial charge in [-0.2, -0.15) is 0 Å². The molecule has 1 fully saturated rings. The zero-order valence-electron chi connectivity index (χ0n) is 23.9. The van der Waals surface area contributed by atoms with Crippen LogP contribution in [0, 0.1) is 0 Å². The van der Waals surface area contributed by atoms with E-state index in [-0.39, 0.29) is 44.2 Å². The van der Waals surface area contributed by atoms with Gasteiger partial charge in [0.25, 0.3) is 0 Å². The number of nitrogens with two attached hydrogens (primary N) is 2. The van der Waals surface area contributed by atoms with Gasteiger partial charge in [-0.3, -0.25) is 0 Å². The van der Waals surface area contributed by atoms with E-state index >= 15 is 0 Å². The minimum atomic E-state index is -0.952. The van der Waals surface area contributed by atoms with Crippen LogP contribution in [0.4, 0.5) is 11.4 Å². The maximum Gasteiger partial charge on any atom is 0.346 e. The number of cyclic esters (lactones) is 4. The highest BCUT2D eigenvalue weighted by Gasteiger charge is 2.35. The van der Waals surface area contributed by atoms with Crippen LogP contribution in [0.2, 0.25) is 0 Å². The number of nitrogen functional groups attached to an aromatic ring is 2. The average Bonchev–Trinajstić information content (AvgIpc) is 3.04. The number of carbonyl (C=O) groups is 6. The Bertz CT molecular complexity index is 1660. The molecule has 3 heterocycles. The van der Waals surface area contributed by atoms with E-state index in [1.165, 1.54) is 48.5 Å². The molecule has 236 valence electrons. The van der Waals surface area contributed by atoms with Gasteiger partial charge in [-0.15, -0.1) is 0 Å². The maximum atomic E-state index is 11.7. The number of carboxylic acid groups (broad SMARTS) is 2. The quantitative estimate of drug-likeness (QED) is 0.141. The van der Waals surface area contributed by atoms with Crippen molar-refractivity contribution in [1.82, 2.24) is 0 Å². The molecule has 0 bridgehead atoms. The smallest absolute Gasteiger partial charge is 0.346 e. The van der Waals surface area contributed by atoms with Crippen LogP contribution in [-0.2, 0) is 18.9 Å². The number of anilines is 2. The van der Waals surface area contributed by atoms with Crippen LogP contribution in [0.15, 0.2) is 72.8 Å². The van der Waals surface area contributed by atoms with Crippen molar-refractivity contribution in [2.45, 2.75) is 0 Å². The number of carbonyl (C=O) groups excluding carboxylic acids is 4. The Morgan fingerprint density at radius 3 is 1.04 bits per heavy atom. The van der Waals surface area contributed by atoms with Gasteiger partial charge in [-0.1, -0.05) is 12.1 Å². The number of hydrogen-bond donors (Lipinski definition) is 4. The summed E-state index contributed by atoms with van der Waals surface area (Å²) < 4.78 is 19.1. The molecule has 0 aliphatic carbocycles. The van der Waals surface area contributed by atoms with Crippen molar-refractivity contribution in [1.29, 1.82) is 0 Å². The Kier molecular flexibility index (Phi) is 10.4. The molecule has 1 saturated heterocycles. The Morgan fingerprint density at radius 1 is 0.522 bits per heavy atom. The van der Waals surface area contributed by atoms with Crippen LogP contribution in [0.1, 0.15) is 62.1 Å². The second-order valence-corrected chi connectivity index (χ2v) is 9.51. The maximum absolute atomic E-state index is 11.7. The number of hydrogen-bond acceptors (Lipinski definition) is 12. The third kappa shape index (κ3) is 7.68.